The molecule has 0 aliphatic carbocycles. The summed E-state index contributed by atoms with van der Waals surface area (Å²) < 4.78 is 6.24. The van der Waals surface area contributed by atoms with Crippen LogP contribution in [0.2, 0.25) is 0 Å². The van der Waals surface area contributed by atoms with E-state index in [1.54, 1.807) is 0 Å². The minimum absolute atomic E-state index is 0.0740. The van der Waals surface area contributed by atoms with Gasteiger partial charge in [-0.25, -0.2) is 0 Å². The summed E-state index contributed by atoms with van der Waals surface area (Å²) in [6.45, 7) is 17.3. The van der Waals surface area contributed by atoms with Gasteiger partial charge in [0.2, 0.25) is 0 Å². The van der Waals surface area contributed by atoms with Crippen molar-refractivity contribution in [2.24, 2.45) is 0 Å². The second-order valence-electron chi connectivity index (χ2n) is 10.5. The first-order chi connectivity index (χ1) is 16.6. The predicted octanol–water partition coefficient (Wildman–Crippen LogP) is 9.22. The molecule has 35 heavy (non-hydrogen) atoms. The maximum atomic E-state index is 6.24. The number of rotatable bonds is 4. The zero-order valence-electron chi connectivity index (χ0n) is 22.4. The number of hydrogen-bond acceptors (Lipinski definition) is 3. The Morgan fingerprint density at radius 3 is 1.31 bits per heavy atom. The van der Waals surface area contributed by atoms with Crippen molar-refractivity contribution < 1.29 is 4.74 Å². The van der Waals surface area contributed by atoms with Gasteiger partial charge < -0.3 is 4.74 Å². The van der Waals surface area contributed by atoms with E-state index in [9.17, 15) is 0 Å². The van der Waals surface area contributed by atoms with Crippen LogP contribution in [-0.2, 0) is 10.8 Å². The van der Waals surface area contributed by atoms with Gasteiger partial charge in [-0.05, 0) is 70.5 Å². The monoisotopic (exact) mass is 466 g/mol. The van der Waals surface area contributed by atoms with Crippen LogP contribution in [0.4, 0.5) is 0 Å². The van der Waals surface area contributed by atoms with Crippen LogP contribution >= 0.6 is 0 Å². The predicted molar refractivity (Wildman–Crippen MR) is 148 cm³/mol. The summed E-state index contributed by atoms with van der Waals surface area (Å²) in [5, 5.41) is 0. The summed E-state index contributed by atoms with van der Waals surface area (Å²) in [5.41, 5.74) is 6.64. The molecule has 0 fully saturated rings. The molecule has 0 amide bonds. The lowest BCUT2D eigenvalue weighted by atomic mass is 9.87. The first kappa shape index (κ1) is 26.2. The first-order valence-corrected chi connectivity index (χ1v) is 12.4. The average molecular weight is 467 g/mol. The molecular weight excluding hydrogens is 428 g/mol. The zero-order chi connectivity index (χ0) is 25.6. The van der Waals surface area contributed by atoms with Crippen molar-refractivity contribution in [3.05, 3.63) is 96.3 Å². The van der Waals surface area contributed by atoms with Crippen LogP contribution in [0.1, 0.15) is 66.5 Å². The topological polar surface area (TPSA) is 35.0 Å². The molecule has 2 aromatic carbocycles. The van der Waals surface area contributed by atoms with Gasteiger partial charge in [-0.3, -0.25) is 9.97 Å². The maximum absolute atomic E-state index is 6.24. The molecule has 4 rings (SSSR count). The SMILES string of the molecule is CC.CC(C)(C)c1ccnc(-c2cccc(Oc3cccc(-c4cc(C(C)(C)C)ccn4)c3)c2)c1. The highest BCUT2D eigenvalue weighted by Gasteiger charge is 2.16. The Hall–Kier alpha value is -3.46. The number of pyridine rings is 2. The molecule has 3 nitrogen and oxygen atoms in total. The van der Waals surface area contributed by atoms with Gasteiger partial charge in [0, 0.05) is 23.5 Å². The van der Waals surface area contributed by atoms with Crippen LogP contribution in [0.25, 0.3) is 22.5 Å². The minimum atomic E-state index is 0.0740. The Morgan fingerprint density at radius 2 is 0.943 bits per heavy atom. The fraction of sp³-hybridized carbons (Fsp3) is 0.312. The Balaban J connectivity index is 0.00000167. The Bertz CT molecular complexity index is 1160. The molecule has 0 radical (unpaired) electrons. The average Bonchev–Trinajstić information content (AvgIpc) is 2.85. The van der Waals surface area contributed by atoms with Gasteiger partial charge in [-0.15, -0.1) is 0 Å². The minimum Gasteiger partial charge on any atom is -0.457 e. The van der Waals surface area contributed by atoms with Crippen LogP contribution in [-0.4, -0.2) is 9.97 Å². The first-order valence-electron chi connectivity index (χ1n) is 12.4. The third kappa shape index (κ3) is 6.79. The van der Waals surface area contributed by atoms with E-state index in [2.05, 4.69) is 87.9 Å². The van der Waals surface area contributed by atoms with Crippen molar-refractivity contribution in [3.8, 4) is 34.0 Å². The molecule has 2 aromatic heterocycles. The number of nitrogens with zero attached hydrogens (tertiary/aromatic N) is 2. The highest BCUT2D eigenvalue weighted by molar-refractivity contribution is 5.64. The van der Waals surface area contributed by atoms with Crippen LogP contribution in [0.3, 0.4) is 0 Å². The highest BCUT2D eigenvalue weighted by atomic mass is 16.5. The molecule has 2 heterocycles. The van der Waals surface area contributed by atoms with Gasteiger partial charge in [0.25, 0.3) is 0 Å². The van der Waals surface area contributed by atoms with E-state index in [4.69, 9.17) is 4.74 Å². The fourth-order valence-electron chi connectivity index (χ4n) is 3.68. The van der Waals surface area contributed by atoms with E-state index >= 15 is 0 Å². The van der Waals surface area contributed by atoms with Gasteiger partial charge in [0.1, 0.15) is 11.5 Å². The van der Waals surface area contributed by atoms with Crippen molar-refractivity contribution >= 4 is 0 Å². The second-order valence-corrected chi connectivity index (χ2v) is 10.5. The number of hydrogen-bond donors (Lipinski definition) is 0. The van der Waals surface area contributed by atoms with E-state index < -0.39 is 0 Å². The molecule has 0 atom stereocenters. The number of ether oxygens (including phenoxy) is 1. The Labute approximate surface area is 211 Å². The molecule has 0 saturated carbocycles. The highest BCUT2D eigenvalue weighted by Crippen LogP contribution is 2.32. The molecule has 3 heteroatoms. The largest absolute Gasteiger partial charge is 0.457 e. The normalized spacial score (nSPS) is 11.4. The van der Waals surface area contributed by atoms with E-state index in [0.717, 1.165) is 34.0 Å². The summed E-state index contributed by atoms with van der Waals surface area (Å²) in [4.78, 5) is 9.18. The summed E-state index contributed by atoms with van der Waals surface area (Å²) in [6, 6.07) is 24.7. The molecule has 0 saturated heterocycles. The molecule has 0 aliphatic heterocycles. The van der Waals surface area contributed by atoms with Crippen LogP contribution in [0.15, 0.2) is 85.2 Å². The summed E-state index contributed by atoms with van der Waals surface area (Å²) in [6.07, 6.45) is 3.76. The Morgan fingerprint density at radius 1 is 0.543 bits per heavy atom. The van der Waals surface area contributed by atoms with E-state index in [1.807, 2.05) is 62.6 Å². The fourth-order valence-corrected chi connectivity index (χ4v) is 3.68. The summed E-state index contributed by atoms with van der Waals surface area (Å²) >= 11 is 0. The van der Waals surface area contributed by atoms with Crippen molar-refractivity contribution in [2.75, 3.05) is 0 Å². The van der Waals surface area contributed by atoms with Gasteiger partial charge in [0.05, 0.1) is 11.4 Å². The second kappa shape index (κ2) is 10.9. The van der Waals surface area contributed by atoms with Gasteiger partial charge >= 0.3 is 0 Å². The summed E-state index contributed by atoms with van der Waals surface area (Å²) in [5.74, 6) is 1.56. The molecule has 0 spiro atoms. The lowest BCUT2D eigenvalue weighted by Gasteiger charge is -2.19. The molecular formula is C32H38N2O. The quantitative estimate of drug-likeness (QED) is 0.301. The van der Waals surface area contributed by atoms with Crippen LogP contribution in [0.5, 0.6) is 11.5 Å². The van der Waals surface area contributed by atoms with E-state index in [1.165, 1.54) is 11.1 Å². The van der Waals surface area contributed by atoms with Crippen LogP contribution in [0, 0.1) is 0 Å². The van der Waals surface area contributed by atoms with Gasteiger partial charge in [-0.1, -0.05) is 79.7 Å². The Kier molecular flexibility index (Phi) is 8.11. The van der Waals surface area contributed by atoms with Gasteiger partial charge in [-0.2, -0.15) is 0 Å². The van der Waals surface area contributed by atoms with E-state index in [0.29, 0.717) is 0 Å². The summed E-state index contributed by atoms with van der Waals surface area (Å²) in [7, 11) is 0. The van der Waals surface area contributed by atoms with Crippen molar-refractivity contribution in [1.29, 1.82) is 0 Å². The third-order valence-electron chi connectivity index (χ3n) is 5.75. The van der Waals surface area contributed by atoms with Crippen molar-refractivity contribution in [1.82, 2.24) is 9.97 Å². The molecule has 182 valence electrons. The molecule has 4 aromatic rings. The third-order valence-corrected chi connectivity index (χ3v) is 5.75. The molecule has 0 unspecified atom stereocenters. The number of aromatic nitrogens is 2. The van der Waals surface area contributed by atoms with Gasteiger partial charge in [0.15, 0.2) is 0 Å². The lowest BCUT2D eigenvalue weighted by molar-refractivity contribution is 0.483. The lowest BCUT2D eigenvalue weighted by Crippen LogP contribution is -2.11. The number of benzene rings is 2. The molecule has 0 N–H and O–H groups in total. The standard InChI is InChI=1S/C30H32N2O.C2H6/c1-29(2,3)23-13-15-31-27(19-23)21-9-7-11-25(17-21)33-26-12-8-10-22(18-26)28-20-24(14-16-32-28)30(4,5)6;1-2/h7-20H,1-6H3;1-2H3. The van der Waals surface area contributed by atoms with Crippen LogP contribution < -0.4 is 4.74 Å². The van der Waals surface area contributed by atoms with Crippen molar-refractivity contribution in [2.45, 2.75) is 66.2 Å². The van der Waals surface area contributed by atoms with E-state index in [-0.39, 0.29) is 10.8 Å². The maximum Gasteiger partial charge on any atom is 0.128 e. The van der Waals surface area contributed by atoms with Crippen molar-refractivity contribution in [3.63, 3.8) is 0 Å². The molecule has 0 aliphatic rings. The smallest absolute Gasteiger partial charge is 0.128 e. The molecule has 0 bridgehead atoms. The zero-order valence-corrected chi connectivity index (χ0v) is 22.4.